The Morgan fingerprint density at radius 1 is 1.29 bits per heavy atom. The van der Waals surface area contributed by atoms with Gasteiger partial charge in [0, 0.05) is 12.2 Å². The van der Waals surface area contributed by atoms with Crippen LogP contribution < -0.4 is 16.0 Å². The second-order valence-electron chi connectivity index (χ2n) is 7.88. The predicted octanol–water partition coefficient (Wildman–Crippen LogP) is 1.97. The number of benzene rings is 1. The molecule has 0 aromatic heterocycles. The van der Waals surface area contributed by atoms with Crippen molar-refractivity contribution in [2.75, 3.05) is 18.0 Å². The lowest BCUT2D eigenvalue weighted by atomic mass is 9.86. The lowest BCUT2D eigenvalue weighted by Gasteiger charge is -2.22. The van der Waals surface area contributed by atoms with E-state index in [2.05, 4.69) is 38.2 Å². The van der Waals surface area contributed by atoms with E-state index in [4.69, 9.17) is 5.73 Å². The summed E-state index contributed by atoms with van der Waals surface area (Å²) in [4.78, 5) is 26.1. The number of carbonyl (C=O) groups excluding carboxylic acids is 2. The summed E-state index contributed by atoms with van der Waals surface area (Å²) < 4.78 is 0. The zero-order valence-electron chi connectivity index (χ0n) is 15.3. The van der Waals surface area contributed by atoms with Gasteiger partial charge in [-0.2, -0.15) is 0 Å². The fraction of sp³-hybridized carbons (Fsp3) is 0.579. The van der Waals surface area contributed by atoms with Crippen molar-refractivity contribution < 1.29 is 9.59 Å². The highest BCUT2D eigenvalue weighted by atomic mass is 16.2. The first-order chi connectivity index (χ1) is 11.1. The molecule has 2 rings (SSSR count). The van der Waals surface area contributed by atoms with Crippen LogP contribution in [-0.4, -0.2) is 30.9 Å². The van der Waals surface area contributed by atoms with Crippen LogP contribution in [0.1, 0.15) is 45.7 Å². The average Bonchev–Trinajstić information content (AvgIpc) is 2.93. The summed E-state index contributed by atoms with van der Waals surface area (Å²) >= 11 is 0. The number of rotatable bonds is 4. The van der Waals surface area contributed by atoms with Gasteiger partial charge in [-0.25, -0.2) is 0 Å². The number of amides is 2. The Labute approximate surface area is 144 Å². The van der Waals surface area contributed by atoms with Gasteiger partial charge in [0.05, 0.1) is 12.6 Å². The standard InChI is InChI=1S/C19H29N3O2/c1-12(2)17(20)18(24)21-11-16(23)22-9-8-13-10-14(19(3,4)5)6-7-15(13)22/h6-7,10,12,17H,8-9,11,20H2,1-5H3,(H,21,24)/t17-/m0/s1. The largest absolute Gasteiger partial charge is 0.346 e. The monoisotopic (exact) mass is 331 g/mol. The van der Waals surface area contributed by atoms with Crippen LogP contribution in [0.5, 0.6) is 0 Å². The Kier molecular flexibility index (Phi) is 5.33. The Hall–Kier alpha value is -1.88. The molecule has 1 aliphatic heterocycles. The van der Waals surface area contributed by atoms with Crippen molar-refractivity contribution in [1.29, 1.82) is 0 Å². The lowest BCUT2D eigenvalue weighted by molar-refractivity contribution is -0.126. The molecule has 5 nitrogen and oxygen atoms in total. The van der Waals surface area contributed by atoms with Crippen molar-refractivity contribution >= 4 is 17.5 Å². The summed E-state index contributed by atoms with van der Waals surface area (Å²) in [7, 11) is 0. The minimum absolute atomic E-state index is 0.0142. The molecule has 1 aromatic carbocycles. The van der Waals surface area contributed by atoms with Crippen LogP contribution in [0.25, 0.3) is 0 Å². The third-order valence-corrected chi connectivity index (χ3v) is 4.58. The minimum atomic E-state index is -0.585. The molecule has 0 saturated heterocycles. The highest BCUT2D eigenvalue weighted by Crippen LogP contribution is 2.32. The number of anilines is 1. The maximum absolute atomic E-state index is 12.5. The molecule has 5 heteroatoms. The summed E-state index contributed by atoms with van der Waals surface area (Å²) in [6, 6.07) is 5.70. The van der Waals surface area contributed by atoms with Crippen LogP contribution in [0.15, 0.2) is 18.2 Å². The van der Waals surface area contributed by atoms with E-state index >= 15 is 0 Å². The van der Waals surface area contributed by atoms with E-state index < -0.39 is 6.04 Å². The van der Waals surface area contributed by atoms with E-state index in [9.17, 15) is 9.59 Å². The summed E-state index contributed by atoms with van der Waals surface area (Å²) in [5.74, 6) is -0.328. The molecule has 0 spiro atoms. The zero-order valence-corrected chi connectivity index (χ0v) is 15.3. The molecular formula is C19H29N3O2. The van der Waals surface area contributed by atoms with Crippen molar-refractivity contribution in [3.05, 3.63) is 29.3 Å². The molecule has 0 aliphatic carbocycles. The molecule has 0 radical (unpaired) electrons. The molecule has 2 amide bonds. The smallest absolute Gasteiger partial charge is 0.246 e. The number of nitrogens with zero attached hydrogens (tertiary/aromatic N) is 1. The summed E-state index contributed by atoms with van der Waals surface area (Å²) in [5.41, 5.74) is 9.31. The second kappa shape index (κ2) is 6.93. The van der Waals surface area contributed by atoms with E-state index in [0.29, 0.717) is 6.54 Å². The molecule has 1 aromatic rings. The van der Waals surface area contributed by atoms with Gasteiger partial charge in [-0.1, -0.05) is 46.8 Å². The first kappa shape index (κ1) is 18.5. The first-order valence-electron chi connectivity index (χ1n) is 8.58. The van der Waals surface area contributed by atoms with Crippen LogP contribution in [-0.2, 0) is 21.4 Å². The number of fused-ring (bicyclic) bond motifs is 1. The zero-order chi connectivity index (χ0) is 18.1. The van der Waals surface area contributed by atoms with Crippen LogP contribution in [0.4, 0.5) is 5.69 Å². The molecule has 0 fully saturated rings. The molecule has 24 heavy (non-hydrogen) atoms. The highest BCUT2D eigenvalue weighted by Gasteiger charge is 2.27. The third kappa shape index (κ3) is 3.96. The van der Waals surface area contributed by atoms with Gasteiger partial charge in [0.1, 0.15) is 0 Å². The van der Waals surface area contributed by atoms with Gasteiger partial charge in [-0.05, 0) is 34.9 Å². The minimum Gasteiger partial charge on any atom is -0.346 e. The Morgan fingerprint density at radius 2 is 1.96 bits per heavy atom. The van der Waals surface area contributed by atoms with E-state index in [-0.39, 0.29) is 29.7 Å². The Morgan fingerprint density at radius 3 is 2.54 bits per heavy atom. The lowest BCUT2D eigenvalue weighted by Crippen LogP contribution is -2.47. The molecule has 0 unspecified atom stereocenters. The molecule has 1 aliphatic rings. The molecule has 3 N–H and O–H groups in total. The maximum Gasteiger partial charge on any atom is 0.246 e. The number of hydrogen-bond donors (Lipinski definition) is 2. The fourth-order valence-corrected chi connectivity index (χ4v) is 2.81. The summed E-state index contributed by atoms with van der Waals surface area (Å²) in [5, 5.41) is 2.65. The van der Waals surface area contributed by atoms with Gasteiger partial charge in [-0.3, -0.25) is 9.59 Å². The number of nitrogens with one attached hydrogen (secondary N) is 1. The Balaban J connectivity index is 2.03. The normalized spacial score (nSPS) is 15.4. The van der Waals surface area contributed by atoms with Gasteiger partial charge in [0.15, 0.2) is 0 Å². The molecule has 0 saturated carbocycles. The fourth-order valence-electron chi connectivity index (χ4n) is 2.81. The molecule has 132 valence electrons. The van der Waals surface area contributed by atoms with Crippen molar-refractivity contribution in [2.45, 2.75) is 52.5 Å². The van der Waals surface area contributed by atoms with Crippen molar-refractivity contribution in [3.63, 3.8) is 0 Å². The van der Waals surface area contributed by atoms with Crippen molar-refractivity contribution in [3.8, 4) is 0 Å². The van der Waals surface area contributed by atoms with E-state index in [1.807, 2.05) is 19.9 Å². The van der Waals surface area contributed by atoms with Crippen LogP contribution in [0.3, 0.4) is 0 Å². The van der Waals surface area contributed by atoms with Gasteiger partial charge in [0.2, 0.25) is 11.8 Å². The van der Waals surface area contributed by atoms with Gasteiger partial charge in [-0.15, -0.1) is 0 Å². The Bertz CT molecular complexity index is 632. The number of hydrogen-bond acceptors (Lipinski definition) is 3. The molecule has 1 atom stereocenters. The van der Waals surface area contributed by atoms with Crippen molar-refractivity contribution in [1.82, 2.24) is 5.32 Å². The second-order valence-corrected chi connectivity index (χ2v) is 7.88. The summed E-state index contributed by atoms with van der Waals surface area (Å²) in [6.07, 6.45) is 0.852. The van der Waals surface area contributed by atoms with Gasteiger partial charge >= 0.3 is 0 Å². The predicted molar refractivity (Wildman–Crippen MR) is 97.0 cm³/mol. The molecule has 0 bridgehead atoms. The first-order valence-corrected chi connectivity index (χ1v) is 8.58. The van der Waals surface area contributed by atoms with Crippen LogP contribution in [0, 0.1) is 5.92 Å². The SMILES string of the molecule is CC(C)[C@H](N)C(=O)NCC(=O)N1CCc2cc(C(C)(C)C)ccc21. The highest BCUT2D eigenvalue weighted by molar-refractivity contribution is 5.98. The maximum atomic E-state index is 12.5. The van der Waals surface area contributed by atoms with Crippen LogP contribution >= 0.6 is 0 Å². The molecule has 1 heterocycles. The number of carbonyl (C=O) groups is 2. The van der Waals surface area contributed by atoms with E-state index in [1.54, 1.807) is 4.90 Å². The van der Waals surface area contributed by atoms with E-state index in [0.717, 1.165) is 12.1 Å². The average molecular weight is 331 g/mol. The van der Waals surface area contributed by atoms with Crippen molar-refractivity contribution in [2.24, 2.45) is 11.7 Å². The quantitative estimate of drug-likeness (QED) is 0.886. The van der Waals surface area contributed by atoms with Crippen LogP contribution in [0.2, 0.25) is 0 Å². The van der Waals surface area contributed by atoms with E-state index in [1.165, 1.54) is 11.1 Å². The molecular weight excluding hydrogens is 302 g/mol. The topological polar surface area (TPSA) is 75.4 Å². The summed E-state index contributed by atoms with van der Waals surface area (Å²) in [6.45, 7) is 11.0. The number of nitrogens with two attached hydrogens (primary N) is 1. The third-order valence-electron chi connectivity index (χ3n) is 4.58. The van der Waals surface area contributed by atoms with Gasteiger partial charge in [0.25, 0.3) is 0 Å². The van der Waals surface area contributed by atoms with Gasteiger partial charge < -0.3 is 16.0 Å².